The number of halogens is 3. The van der Waals surface area contributed by atoms with Gasteiger partial charge in [-0.3, -0.25) is 0 Å². The van der Waals surface area contributed by atoms with Crippen molar-refractivity contribution in [1.29, 1.82) is 0 Å². The van der Waals surface area contributed by atoms with E-state index in [4.69, 9.17) is 9.47 Å². The Balaban J connectivity index is 1.64. The Morgan fingerprint density at radius 1 is 0.926 bits per heavy atom. The van der Waals surface area contributed by atoms with Crippen LogP contribution in [0.4, 0.5) is 13.2 Å². The Hall–Kier alpha value is -1.85. The highest BCUT2D eigenvalue weighted by molar-refractivity contribution is 5.65. The SMILES string of the molecule is CCCC12CCC(c3ccc(-c4cc(F)c(C)c(F)c4)c(F)c3)(OC1)OC2. The molecule has 144 valence electrons. The highest BCUT2D eigenvalue weighted by Crippen LogP contribution is 2.51. The summed E-state index contributed by atoms with van der Waals surface area (Å²) in [6.45, 7) is 4.72. The Labute approximate surface area is 157 Å². The summed E-state index contributed by atoms with van der Waals surface area (Å²) in [5, 5.41) is 0. The summed E-state index contributed by atoms with van der Waals surface area (Å²) < 4.78 is 54.6. The molecule has 2 aromatic carbocycles. The standard InChI is InChI=1S/C22H23F3O2/c1-3-6-21-7-8-22(26-12-21,27-13-21)16-4-5-17(20(25)11-16)15-9-18(23)14(2)19(24)10-15/h4-5,9-11H,3,6-8,12-13H2,1-2H3. The van der Waals surface area contributed by atoms with Gasteiger partial charge in [-0.2, -0.15) is 0 Å². The second-order valence-electron chi connectivity index (χ2n) is 7.84. The van der Waals surface area contributed by atoms with Crippen LogP contribution in [-0.4, -0.2) is 13.2 Å². The van der Waals surface area contributed by atoms with Gasteiger partial charge in [0.15, 0.2) is 5.79 Å². The van der Waals surface area contributed by atoms with Crippen molar-refractivity contribution in [3.05, 3.63) is 58.9 Å². The van der Waals surface area contributed by atoms with Crippen LogP contribution in [0.1, 0.15) is 43.7 Å². The normalized spacial score (nSPS) is 27.1. The fraction of sp³-hybridized carbons (Fsp3) is 0.455. The molecule has 0 aromatic heterocycles. The van der Waals surface area contributed by atoms with Gasteiger partial charge < -0.3 is 9.47 Å². The number of benzene rings is 2. The largest absolute Gasteiger partial charge is 0.345 e. The average molecular weight is 376 g/mol. The van der Waals surface area contributed by atoms with E-state index >= 15 is 0 Å². The quantitative estimate of drug-likeness (QED) is 0.665. The number of ether oxygens (including phenoxy) is 2. The zero-order valence-electron chi connectivity index (χ0n) is 15.6. The number of fused-ring (bicyclic) bond motifs is 3. The minimum atomic E-state index is -0.918. The maximum Gasteiger partial charge on any atom is 0.194 e. The highest BCUT2D eigenvalue weighted by Gasteiger charge is 2.51. The molecule has 27 heavy (non-hydrogen) atoms. The average Bonchev–Trinajstić information content (AvgIpc) is 2.67. The molecule has 0 N–H and O–H groups in total. The van der Waals surface area contributed by atoms with Crippen LogP contribution in [-0.2, 0) is 15.3 Å². The molecule has 0 spiro atoms. The van der Waals surface area contributed by atoms with Crippen LogP contribution in [0.25, 0.3) is 11.1 Å². The molecule has 5 heteroatoms. The van der Waals surface area contributed by atoms with E-state index in [0.29, 0.717) is 25.2 Å². The van der Waals surface area contributed by atoms with Gasteiger partial charge in [0.1, 0.15) is 17.5 Å². The van der Waals surface area contributed by atoms with Crippen molar-refractivity contribution in [2.45, 2.75) is 45.3 Å². The van der Waals surface area contributed by atoms with Gasteiger partial charge in [0.05, 0.1) is 13.2 Å². The summed E-state index contributed by atoms with van der Waals surface area (Å²) in [6, 6.07) is 6.94. The summed E-state index contributed by atoms with van der Waals surface area (Å²) in [6.07, 6.45) is 3.80. The molecule has 3 aliphatic heterocycles. The third-order valence-corrected chi connectivity index (χ3v) is 5.99. The Kier molecular flexibility index (Phi) is 4.55. The van der Waals surface area contributed by atoms with Crippen molar-refractivity contribution in [3.8, 4) is 11.1 Å². The second-order valence-corrected chi connectivity index (χ2v) is 7.84. The number of rotatable bonds is 4. The molecule has 3 aliphatic rings. The third kappa shape index (κ3) is 3.07. The predicted molar refractivity (Wildman–Crippen MR) is 96.6 cm³/mol. The van der Waals surface area contributed by atoms with Crippen LogP contribution in [0.15, 0.2) is 30.3 Å². The summed E-state index contributed by atoms with van der Waals surface area (Å²) in [4.78, 5) is 0. The molecule has 3 saturated heterocycles. The number of hydrogen-bond acceptors (Lipinski definition) is 2. The zero-order chi connectivity index (χ0) is 19.2. The molecular formula is C22H23F3O2. The lowest BCUT2D eigenvalue weighted by Gasteiger charge is -2.53. The minimum absolute atomic E-state index is 0.0727. The molecule has 0 amide bonds. The van der Waals surface area contributed by atoms with E-state index in [1.165, 1.54) is 19.1 Å². The molecule has 0 atom stereocenters. The second kappa shape index (κ2) is 6.64. The fourth-order valence-corrected chi connectivity index (χ4v) is 4.24. The molecule has 2 aromatic rings. The molecule has 2 bridgehead atoms. The maximum absolute atomic E-state index is 14.8. The van der Waals surface area contributed by atoms with Crippen LogP contribution >= 0.6 is 0 Å². The summed E-state index contributed by atoms with van der Waals surface area (Å²) in [7, 11) is 0. The van der Waals surface area contributed by atoms with Crippen molar-refractivity contribution in [1.82, 2.24) is 0 Å². The van der Waals surface area contributed by atoms with E-state index < -0.39 is 23.2 Å². The van der Waals surface area contributed by atoms with Crippen LogP contribution in [0.2, 0.25) is 0 Å². The first kappa shape index (κ1) is 18.5. The Morgan fingerprint density at radius 2 is 1.59 bits per heavy atom. The Morgan fingerprint density at radius 3 is 2.11 bits per heavy atom. The van der Waals surface area contributed by atoms with Gasteiger partial charge >= 0.3 is 0 Å². The van der Waals surface area contributed by atoms with E-state index in [-0.39, 0.29) is 22.1 Å². The number of hydrogen-bond donors (Lipinski definition) is 0. The highest BCUT2D eigenvalue weighted by atomic mass is 19.1. The summed E-state index contributed by atoms with van der Waals surface area (Å²) in [5.74, 6) is -2.85. The van der Waals surface area contributed by atoms with Crippen molar-refractivity contribution in [3.63, 3.8) is 0 Å². The monoisotopic (exact) mass is 376 g/mol. The van der Waals surface area contributed by atoms with Crippen LogP contribution in [0, 0.1) is 29.8 Å². The van der Waals surface area contributed by atoms with Crippen molar-refractivity contribution < 1.29 is 22.6 Å². The molecule has 0 aliphatic carbocycles. The van der Waals surface area contributed by atoms with Crippen molar-refractivity contribution in [2.24, 2.45) is 5.41 Å². The van der Waals surface area contributed by atoms with Gasteiger partial charge in [-0.1, -0.05) is 25.5 Å². The first-order valence-electron chi connectivity index (χ1n) is 9.42. The lowest BCUT2D eigenvalue weighted by molar-refractivity contribution is -0.351. The fourth-order valence-electron chi connectivity index (χ4n) is 4.24. The lowest BCUT2D eigenvalue weighted by Crippen LogP contribution is -2.53. The van der Waals surface area contributed by atoms with E-state index in [1.54, 1.807) is 6.07 Å². The van der Waals surface area contributed by atoms with Crippen molar-refractivity contribution in [2.75, 3.05) is 13.2 Å². The predicted octanol–water partition coefficient (Wildman–Crippen LogP) is 5.86. The van der Waals surface area contributed by atoms with E-state index in [0.717, 1.165) is 31.4 Å². The third-order valence-electron chi connectivity index (χ3n) is 5.99. The van der Waals surface area contributed by atoms with E-state index in [9.17, 15) is 13.2 Å². The molecule has 5 rings (SSSR count). The smallest absolute Gasteiger partial charge is 0.194 e. The van der Waals surface area contributed by atoms with Gasteiger partial charge in [-0.05, 0) is 43.5 Å². The first-order valence-corrected chi connectivity index (χ1v) is 9.42. The van der Waals surface area contributed by atoms with Crippen molar-refractivity contribution >= 4 is 0 Å². The van der Waals surface area contributed by atoms with Gasteiger partial charge in [0, 0.05) is 28.5 Å². The first-order chi connectivity index (χ1) is 12.9. The van der Waals surface area contributed by atoms with E-state index in [2.05, 4.69) is 6.92 Å². The molecule has 0 radical (unpaired) electrons. The molecule has 3 fully saturated rings. The molecule has 2 nitrogen and oxygen atoms in total. The Bertz CT molecular complexity index is 830. The summed E-state index contributed by atoms with van der Waals surface area (Å²) in [5.41, 5.74) is 0.942. The van der Waals surface area contributed by atoms with Crippen LogP contribution < -0.4 is 0 Å². The lowest BCUT2D eigenvalue weighted by atomic mass is 9.74. The molecular weight excluding hydrogens is 353 g/mol. The minimum Gasteiger partial charge on any atom is -0.345 e. The zero-order valence-corrected chi connectivity index (χ0v) is 15.6. The van der Waals surface area contributed by atoms with Gasteiger partial charge in [-0.25, -0.2) is 13.2 Å². The molecule has 0 saturated carbocycles. The molecule has 0 unspecified atom stereocenters. The van der Waals surface area contributed by atoms with Gasteiger partial charge in [0.2, 0.25) is 0 Å². The van der Waals surface area contributed by atoms with Crippen LogP contribution in [0.3, 0.4) is 0 Å². The van der Waals surface area contributed by atoms with Crippen LogP contribution in [0.5, 0.6) is 0 Å². The molecule has 3 heterocycles. The van der Waals surface area contributed by atoms with Gasteiger partial charge in [0.25, 0.3) is 0 Å². The summed E-state index contributed by atoms with van der Waals surface area (Å²) >= 11 is 0. The van der Waals surface area contributed by atoms with Gasteiger partial charge in [-0.15, -0.1) is 0 Å². The van der Waals surface area contributed by atoms with E-state index in [1.807, 2.05) is 0 Å². The maximum atomic E-state index is 14.8. The topological polar surface area (TPSA) is 18.5 Å².